The molecule has 0 saturated heterocycles. The number of esters is 1. The van der Waals surface area contributed by atoms with Crippen LogP contribution in [-0.2, 0) is 16.0 Å². The van der Waals surface area contributed by atoms with Crippen LogP contribution in [0.4, 0.5) is 0 Å². The third-order valence-electron chi connectivity index (χ3n) is 3.17. The number of benzene rings is 1. The lowest BCUT2D eigenvalue weighted by atomic mass is 9.84. The van der Waals surface area contributed by atoms with Gasteiger partial charge >= 0.3 is 5.97 Å². The predicted molar refractivity (Wildman–Crippen MR) is 77.0 cm³/mol. The Morgan fingerprint density at radius 3 is 2.61 bits per heavy atom. The Labute approximate surface area is 110 Å². The van der Waals surface area contributed by atoms with Crippen LogP contribution < -0.4 is 11.2 Å². The number of aryl methyl sites for hydroxylation is 2. The lowest BCUT2D eigenvalue weighted by Gasteiger charge is -2.14. The Hall–Kier alpha value is -1.29. The van der Waals surface area contributed by atoms with Gasteiger partial charge in [-0.05, 0) is 38.3 Å². The summed E-state index contributed by atoms with van der Waals surface area (Å²) in [7, 11) is 2.08. The Balaban J connectivity index is 2.67. The molecule has 0 aliphatic carbocycles. The zero-order valence-electron chi connectivity index (χ0n) is 11.7. The second-order valence-corrected chi connectivity index (χ2v) is 4.84. The first-order valence-corrected chi connectivity index (χ1v) is 6.42. The monoisotopic (exact) mass is 247 g/mol. The van der Waals surface area contributed by atoms with Crippen LogP contribution >= 0.6 is 0 Å². The topological polar surface area (TPSA) is 52.3 Å². The van der Waals surface area contributed by atoms with Crippen LogP contribution in [0.25, 0.3) is 0 Å². The summed E-state index contributed by atoms with van der Waals surface area (Å²) >= 11 is 0. The molecular formula is C14H22BNO2. The van der Waals surface area contributed by atoms with Gasteiger partial charge in [-0.1, -0.05) is 23.2 Å². The summed E-state index contributed by atoms with van der Waals surface area (Å²) in [6.45, 7) is 6.41. The summed E-state index contributed by atoms with van der Waals surface area (Å²) in [4.78, 5) is 11.3. The molecule has 1 aromatic rings. The van der Waals surface area contributed by atoms with Crippen molar-refractivity contribution in [2.45, 2.75) is 39.7 Å². The third-order valence-corrected chi connectivity index (χ3v) is 3.17. The molecule has 1 atom stereocenters. The lowest BCUT2D eigenvalue weighted by molar-refractivity contribution is -0.143. The van der Waals surface area contributed by atoms with Crippen LogP contribution in [0.1, 0.15) is 30.0 Å². The van der Waals surface area contributed by atoms with E-state index < -0.39 is 0 Å². The van der Waals surface area contributed by atoms with E-state index in [1.165, 1.54) is 22.2 Å². The van der Waals surface area contributed by atoms with E-state index in [1.807, 2.05) is 0 Å². The van der Waals surface area contributed by atoms with E-state index in [2.05, 4.69) is 33.8 Å². The van der Waals surface area contributed by atoms with Gasteiger partial charge in [0.05, 0.1) is 13.0 Å². The molecule has 0 amide bonds. The van der Waals surface area contributed by atoms with Crippen molar-refractivity contribution >= 4 is 19.3 Å². The predicted octanol–water partition coefficient (Wildman–Crippen LogP) is 0.385. The number of carbonyl (C=O) groups is 1. The number of hydrogen-bond acceptors (Lipinski definition) is 3. The highest BCUT2D eigenvalue weighted by molar-refractivity contribution is 6.33. The molecule has 0 unspecified atom stereocenters. The first kappa shape index (κ1) is 14.8. The fourth-order valence-electron chi connectivity index (χ4n) is 2.03. The second kappa shape index (κ2) is 6.59. The minimum absolute atomic E-state index is 0.176. The number of carbonyl (C=O) groups excluding carboxylic acids is 1. The van der Waals surface area contributed by atoms with Gasteiger partial charge in [-0.15, -0.1) is 0 Å². The molecule has 0 fully saturated rings. The molecule has 18 heavy (non-hydrogen) atoms. The first-order valence-electron chi connectivity index (χ1n) is 6.42. The average Bonchev–Trinajstić information content (AvgIpc) is 2.26. The van der Waals surface area contributed by atoms with Gasteiger partial charge in [0.2, 0.25) is 0 Å². The maximum Gasteiger partial charge on any atom is 0.307 e. The van der Waals surface area contributed by atoms with E-state index in [0.29, 0.717) is 13.0 Å². The lowest BCUT2D eigenvalue weighted by Crippen LogP contribution is -2.29. The molecule has 1 rings (SSSR count). The molecule has 0 aliphatic heterocycles. The first-order chi connectivity index (χ1) is 8.43. The van der Waals surface area contributed by atoms with Crippen molar-refractivity contribution in [1.29, 1.82) is 0 Å². The van der Waals surface area contributed by atoms with Gasteiger partial charge in [-0.3, -0.25) is 4.79 Å². The highest BCUT2D eigenvalue weighted by Crippen LogP contribution is 2.10. The average molecular weight is 247 g/mol. The number of hydrogen-bond donors (Lipinski definition) is 1. The third kappa shape index (κ3) is 4.19. The summed E-state index contributed by atoms with van der Waals surface area (Å²) in [6, 6.07) is 4.15. The normalized spacial score (nSPS) is 12.2. The number of rotatable bonds is 5. The molecule has 3 nitrogen and oxygen atoms in total. The van der Waals surface area contributed by atoms with Gasteiger partial charge < -0.3 is 10.5 Å². The van der Waals surface area contributed by atoms with E-state index >= 15 is 0 Å². The molecule has 0 spiro atoms. The number of ether oxygens (including phenoxy) is 1. The van der Waals surface area contributed by atoms with Gasteiger partial charge in [0.1, 0.15) is 7.85 Å². The van der Waals surface area contributed by atoms with Crippen molar-refractivity contribution in [2.24, 2.45) is 5.73 Å². The largest absolute Gasteiger partial charge is 0.466 e. The minimum Gasteiger partial charge on any atom is -0.466 e. The van der Waals surface area contributed by atoms with E-state index in [-0.39, 0.29) is 18.4 Å². The summed E-state index contributed by atoms with van der Waals surface area (Å²) in [5, 5.41) is 0. The van der Waals surface area contributed by atoms with E-state index in [9.17, 15) is 4.79 Å². The zero-order chi connectivity index (χ0) is 13.7. The van der Waals surface area contributed by atoms with Crippen LogP contribution in [0.3, 0.4) is 0 Å². The molecule has 2 N–H and O–H groups in total. The second-order valence-electron chi connectivity index (χ2n) is 4.84. The molecule has 0 aromatic heterocycles. The molecule has 0 heterocycles. The molecule has 4 heteroatoms. The SMILES string of the molecule is Bc1cc(C)c(C)cc1C[C@H](N)CC(=O)OCC. The Morgan fingerprint density at radius 1 is 1.39 bits per heavy atom. The summed E-state index contributed by atoms with van der Waals surface area (Å²) in [5.74, 6) is -0.216. The Morgan fingerprint density at radius 2 is 2.00 bits per heavy atom. The maximum atomic E-state index is 11.3. The van der Waals surface area contributed by atoms with E-state index in [1.54, 1.807) is 6.92 Å². The van der Waals surface area contributed by atoms with Crippen molar-refractivity contribution in [3.8, 4) is 0 Å². The van der Waals surface area contributed by atoms with Crippen LogP contribution in [0.5, 0.6) is 0 Å². The maximum absolute atomic E-state index is 11.3. The Kier molecular flexibility index (Phi) is 5.41. The van der Waals surface area contributed by atoms with Gasteiger partial charge in [0.25, 0.3) is 0 Å². The summed E-state index contributed by atoms with van der Waals surface area (Å²) < 4.78 is 4.90. The van der Waals surface area contributed by atoms with Crippen LogP contribution in [0, 0.1) is 13.8 Å². The van der Waals surface area contributed by atoms with Crippen LogP contribution in [-0.4, -0.2) is 26.5 Å². The highest BCUT2D eigenvalue weighted by atomic mass is 16.5. The summed E-state index contributed by atoms with van der Waals surface area (Å²) in [5.41, 5.74) is 11.0. The quantitative estimate of drug-likeness (QED) is 0.604. The molecule has 0 radical (unpaired) electrons. The van der Waals surface area contributed by atoms with E-state index in [0.717, 1.165) is 0 Å². The van der Waals surface area contributed by atoms with Crippen molar-refractivity contribution in [3.05, 3.63) is 28.8 Å². The standard InChI is InChI=1S/C14H22BNO2/c1-4-18-14(17)8-12(16)7-11-5-9(2)10(3)6-13(11)15/h5-6,12H,4,7-8,15-16H2,1-3H3/t12-/m0/s1. The summed E-state index contributed by atoms with van der Waals surface area (Å²) in [6.07, 6.45) is 0.992. The smallest absolute Gasteiger partial charge is 0.307 e. The molecule has 0 saturated carbocycles. The highest BCUT2D eigenvalue weighted by Gasteiger charge is 2.12. The fraction of sp³-hybridized carbons (Fsp3) is 0.500. The molecule has 0 aliphatic rings. The van der Waals surface area contributed by atoms with Crippen molar-refractivity contribution in [2.75, 3.05) is 6.61 Å². The van der Waals surface area contributed by atoms with Gasteiger partial charge in [0.15, 0.2) is 0 Å². The molecule has 1 aromatic carbocycles. The molecule has 98 valence electrons. The van der Waals surface area contributed by atoms with Crippen molar-refractivity contribution in [1.82, 2.24) is 0 Å². The Bertz CT molecular complexity index is 432. The van der Waals surface area contributed by atoms with Gasteiger partial charge in [-0.2, -0.15) is 0 Å². The van der Waals surface area contributed by atoms with Crippen molar-refractivity contribution in [3.63, 3.8) is 0 Å². The fourth-order valence-corrected chi connectivity index (χ4v) is 2.03. The molecular weight excluding hydrogens is 225 g/mol. The number of nitrogens with two attached hydrogens (primary N) is 1. The van der Waals surface area contributed by atoms with Crippen LogP contribution in [0.2, 0.25) is 0 Å². The van der Waals surface area contributed by atoms with Gasteiger partial charge in [-0.25, -0.2) is 0 Å². The van der Waals surface area contributed by atoms with E-state index in [4.69, 9.17) is 10.5 Å². The van der Waals surface area contributed by atoms with Gasteiger partial charge in [0, 0.05) is 6.04 Å². The van der Waals surface area contributed by atoms with Crippen molar-refractivity contribution < 1.29 is 9.53 Å². The molecule has 0 bridgehead atoms. The minimum atomic E-state index is -0.216. The zero-order valence-corrected chi connectivity index (χ0v) is 11.7. The van der Waals surface area contributed by atoms with Crippen LogP contribution in [0.15, 0.2) is 12.1 Å².